The molecule has 1 aliphatic rings. The van der Waals surface area contributed by atoms with Gasteiger partial charge in [-0.2, -0.15) is 0 Å². The molecule has 2 N–H and O–H groups in total. The van der Waals surface area contributed by atoms with E-state index in [1.54, 1.807) is 23.1 Å². The van der Waals surface area contributed by atoms with Crippen molar-refractivity contribution in [2.75, 3.05) is 23.3 Å². The molecule has 3 amide bonds. The molecule has 0 saturated carbocycles. The number of para-hydroxylation sites is 1. The van der Waals surface area contributed by atoms with Gasteiger partial charge in [0.2, 0.25) is 17.7 Å². The van der Waals surface area contributed by atoms with Crippen molar-refractivity contribution in [1.82, 2.24) is 10.3 Å². The summed E-state index contributed by atoms with van der Waals surface area (Å²) in [4.78, 5) is 42.3. The number of carbonyl (C=O) groups excluding carboxylic acids is 3. The molecule has 34 heavy (non-hydrogen) atoms. The molecule has 1 saturated heterocycles. The largest absolute Gasteiger partial charge is 0.356 e. The summed E-state index contributed by atoms with van der Waals surface area (Å²) < 4.78 is 0. The fraction of sp³-hybridized carbons (Fsp3) is 0.280. The van der Waals surface area contributed by atoms with E-state index in [9.17, 15) is 14.4 Å². The van der Waals surface area contributed by atoms with Gasteiger partial charge in [0.1, 0.15) is 0 Å². The SMILES string of the molecule is CC(=O)NCCCc1ccc(-c2csc(NC(=O)C3CC(=O)N(c4ccccc4Cl)C3)n2)cc1. The number of hydrogen-bond acceptors (Lipinski definition) is 5. The molecular formula is C25H25ClN4O3S. The van der Waals surface area contributed by atoms with Crippen molar-refractivity contribution in [1.29, 1.82) is 0 Å². The lowest BCUT2D eigenvalue weighted by molar-refractivity contribution is -0.122. The van der Waals surface area contributed by atoms with Crippen molar-refractivity contribution in [3.05, 3.63) is 64.5 Å². The highest BCUT2D eigenvalue weighted by molar-refractivity contribution is 7.14. The first-order valence-electron chi connectivity index (χ1n) is 11.1. The van der Waals surface area contributed by atoms with Gasteiger partial charge in [0.25, 0.3) is 0 Å². The van der Waals surface area contributed by atoms with E-state index in [0.29, 0.717) is 22.4 Å². The van der Waals surface area contributed by atoms with Gasteiger partial charge < -0.3 is 15.5 Å². The summed E-state index contributed by atoms with van der Waals surface area (Å²) in [5.41, 5.74) is 3.56. The van der Waals surface area contributed by atoms with Crippen LogP contribution in [0.4, 0.5) is 10.8 Å². The predicted octanol–water partition coefficient (Wildman–Crippen LogP) is 4.52. The van der Waals surface area contributed by atoms with Crippen LogP contribution in [0.25, 0.3) is 11.3 Å². The zero-order chi connectivity index (χ0) is 24.1. The lowest BCUT2D eigenvalue weighted by Crippen LogP contribution is -2.28. The Balaban J connectivity index is 1.33. The topological polar surface area (TPSA) is 91.4 Å². The Hall–Kier alpha value is -3.23. The minimum Gasteiger partial charge on any atom is -0.356 e. The average molecular weight is 497 g/mol. The highest BCUT2D eigenvalue weighted by atomic mass is 35.5. The van der Waals surface area contributed by atoms with Crippen molar-refractivity contribution in [2.24, 2.45) is 5.92 Å². The molecule has 2 aromatic carbocycles. The van der Waals surface area contributed by atoms with Crippen LogP contribution < -0.4 is 15.5 Å². The molecule has 1 fully saturated rings. The van der Waals surface area contributed by atoms with E-state index < -0.39 is 5.92 Å². The molecular weight excluding hydrogens is 472 g/mol. The fourth-order valence-corrected chi connectivity index (χ4v) is 4.82. The molecule has 176 valence electrons. The van der Waals surface area contributed by atoms with E-state index in [1.165, 1.54) is 23.8 Å². The number of thiazole rings is 1. The van der Waals surface area contributed by atoms with Crippen LogP contribution in [0.1, 0.15) is 25.3 Å². The van der Waals surface area contributed by atoms with Crippen molar-refractivity contribution in [2.45, 2.75) is 26.2 Å². The molecule has 7 nitrogen and oxygen atoms in total. The number of hydrogen-bond donors (Lipinski definition) is 2. The third kappa shape index (κ3) is 5.81. The van der Waals surface area contributed by atoms with Crippen molar-refractivity contribution < 1.29 is 14.4 Å². The van der Waals surface area contributed by atoms with Gasteiger partial charge in [-0.25, -0.2) is 4.98 Å². The Morgan fingerprint density at radius 2 is 1.94 bits per heavy atom. The third-order valence-corrected chi connectivity index (χ3v) is 6.72. The van der Waals surface area contributed by atoms with Crippen LogP contribution in [0.5, 0.6) is 0 Å². The number of anilines is 2. The monoisotopic (exact) mass is 496 g/mol. The van der Waals surface area contributed by atoms with Crippen LogP contribution in [0.2, 0.25) is 5.02 Å². The number of nitrogens with one attached hydrogen (secondary N) is 2. The molecule has 0 spiro atoms. The van der Waals surface area contributed by atoms with Gasteiger partial charge in [0, 0.05) is 37.4 Å². The second-order valence-corrected chi connectivity index (χ2v) is 9.43. The van der Waals surface area contributed by atoms with Gasteiger partial charge in [-0.05, 0) is 30.5 Å². The normalized spacial score (nSPS) is 15.4. The summed E-state index contributed by atoms with van der Waals surface area (Å²) in [6.45, 7) is 2.47. The molecule has 0 bridgehead atoms. The van der Waals surface area contributed by atoms with E-state index >= 15 is 0 Å². The second-order valence-electron chi connectivity index (χ2n) is 8.17. The number of benzene rings is 2. The Morgan fingerprint density at radius 3 is 2.68 bits per heavy atom. The molecule has 1 aromatic heterocycles. The number of nitrogens with zero attached hydrogens (tertiary/aromatic N) is 2. The average Bonchev–Trinajstić information content (AvgIpc) is 3.44. The standard InChI is InChI=1S/C25H25ClN4O3S/c1-16(31)27-12-4-5-17-8-10-18(11-9-17)21-15-34-25(28-21)29-24(33)19-13-23(32)30(14-19)22-7-3-2-6-20(22)26/h2-3,6-11,15,19H,4-5,12-14H2,1H3,(H,27,31)(H,28,29,33). The first-order valence-corrected chi connectivity index (χ1v) is 12.3. The van der Waals surface area contributed by atoms with E-state index in [1.807, 2.05) is 35.7 Å². The highest BCUT2D eigenvalue weighted by Crippen LogP contribution is 2.32. The van der Waals surface area contributed by atoms with Crippen molar-refractivity contribution in [3.63, 3.8) is 0 Å². The van der Waals surface area contributed by atoms with E-state index in [4.69, 9.17) is 11.6 Å². The van der Waals surface area contributed by atoms with Crippen molar-refractivity contribution >= 4 is 51.5 Å². The van der Waals surface area contributed by atoms with Gasteiger partial charge in [-0.1, -0.05) is 48.0 Å². The zero-order valence-corrected chi connectivity index (χ0v) is 20.3. The number of aryl methyl sites for hydroxylation is 1. The summed E-state index contributed by atoms with van der Waals surface area (Å²) in [5, 5.41) is 8.55. The van der Waals surface area contributed by atoms with Crippen LogP contribution in [0.15, 0.2) is 53.9 Å². The number of amides is 3. The van der Waals surface area contributed by atoms with Crippen LogP contribution in [-0.2, 0) is 20.8 Å². The smallest absolute Gasteiger partial charge is 0.231 e. The minimum absolute atomic E-state index is 0.0146. The minimum atomic E-state index is -0.465. The van der Waals surface area contributed by atoms with Crippen LogP contribution in [0, 0.1) is 5.92 Å². The second kappa shape index (κ2) is 10.8. The zero-order valence-electron chi connectivity index (χ0n) is 18.7. The molecule has 2 heterocycles. The van der Waals surface area contributed by atoms with Gasteiger partial charge >= 0.3 is 0 Å². The van der Waals surface area contributed by atoms with E-state index in [0.717, 1.165) is 24.1 Å². The maximum absolute atomic E-state index is 12.8. The Labute approximate surface area is 207 Å². The number of halogens is 1. The summed E-state index contributed by atoms with van der Waals surface area (Å²) >= 11 is 7.58. The number of rotatable bonds is 8. The summed E-state index contributed by atoms with van der Waals surface area (Å²) in [7, 11) is 0. The number of aromatic nitrogens is 1. The third-order valence-electron chi connectivity index (χ3n) is 5.64. The molecule has 0 aliphatic carbocycles. The van der Waals surface area contributed by atoms with Gasteiger partial charge in [0.15, 0.2) is 5.13 Å². The first-order chi connectivity index (χ1) is 16.4. The van der Waals surface area contributed by atoms with Crippen molar-refractivity contribution in [3.8, 4) is 11.3 Å². The lowest BCUT2D eigenvalue weighted by atomic mass is 10.1. The summed E-state index contributed by atoms with van der Waals surface area (Å²) in [6.07, 6.45) is 1.90. The van der Waals surface area contributed by atoms with E-state index in [-0.39, 0.29) is 30.7 Å². The molecule has 9 heteroatoms. The molecule has 1 atom stereocenters. The summed E-state index contributed by atoms with van der Waals surface area (Å²) in [6, 6.07) is 15.2. The van der Waals surface area contributed by atoms with Gasteiger partial charge in [-0.3, -0.25) is 14.4 Å². The predicted molar refractivity (Wildman–Crippen MR) is 135 cm³/mol. The first kappa shape index (κ1) is 23.9. The fourth-order valence-electron chi connectivity index (χ4n) is 3.86. The summed E-state index contributed by atoms with van der Waals surface area (Å²) in [5.74, 6) is -0.823. The molecule has 0 radical (unpaired) electrons. The Bertz CT molecular complexity index is 1190. The van der Waals surface area contributed by atoms with Crippen LogP contribution >= 0.6 is 22.9 Å². The van der Waals surface area contributed by atoms with Crippen LogP contribution in [-0.4, -0.2) is 35.8 Å². The Morgan fingerprint density at radius 1 is 1.18 bits per heavy atom. The quantitative estimate of drug-likeness (QED) is 0.448. The van der Waals surface area contributed by atoms with Gasteiger partial charge in [-0.15, -0.1) is 11.3 Å². The van der Waals surface area contributed by atoms with E-state index in [2.05, 4.69) is 15.6 Å². The molecule has 3 aromatic rings. The molecule has 1 aliphatic heterocycles. The van der Waals surface area contributed by atoms with Gasteiger partial charge in [0.05, 0.1) is 22.3 Å². The van der Waals surface area contributed by atoms with Crippen LogP contribution in [0.3, 0.4) is 0 Å². The maximum Gasteiger partial charge on any atom is 0.231 e. The number of carbonyl (C=O) groups is 3. The molecule has 1 unspecified atom stereocenters. The highest BCUT2D eigenvalue weighted by Gasteiger charge is 2.36. The lowest BCUT2D eigenvalue weighted by Gasteiger charge is -2.17. The molecule has 4 rings (SSSR count). The maximum atomic E-state index is 12.8. The Kier molecular flexibility index (Phi) is 7.59.